The molecule has 0 aliphatic rings. The Kier molecular flexibility index (Phi) is 42.2. The van der Waals surface area contributed by atoms with Crippen LogP contribution in [0.15, 0.2) is 0 Å². The first-order chi connectivity index (χ1) is 27.8. The van der Waals surface area contributed by atoms with Gasteiger partial charge in [0.15, 0.2) is 0 Å². The lowest BCUT2D eigenvalue weighted by Gasteiger charge is -2.27. The average Bonchev–Trinajstić information content (AvgIpc) is 3.19. The monoisotopic (exact) mass is 806 g/mol. The summed E-state index contributed by atoms with van der Waals surface area (Å²) >= 11 is 0. The van der Waals surface area contributed by atoms with E-state index < -0.39 is 5.41 Å². The number of rotatable bonds is 46. The number of carbonyl (C=O) groups excluding carboxylic acids is 2. The van der Waals surface area contributed by atoms with Gasteiger partial charge < -0.3 is 14.8 Å². The molecule has 0 bridgehead atoms. The van der Waals surface area contributed by atoms with E-state index in [1.54, 1.807) is 0 Å². The highest BCUT2D eigenvalue weighted by Gasteiger charge is 2.30. The Balaban J connectivity index is 4.11. The highest BCUT2D eigenvalue weighted by molar-refractivity contribution is 5.76. The molecule has 0 saturated heterocycles. The Morgan fingerprint density at radius 2 is 0.719 bits per heavy atom. The lowest BCUT2D eigenvalue weighted by atomic mass is 9.86. The van der Waals surface area contributed by atoms with Gasteiger partial charge in [-0.25, -0.2) is 0 Å². The summed E-state index contributed by atoms with van der Waals surface area (Å²) in [6.45, 7) is 15.4. The number of carbonyl (C=O) groups is 2. The van der Waals surface area contributed by atoms with Gasteiger partial charge in [-0.15, -0.1) is 0 Å². The van der Waals surface area contributed by atoms with E-state index >= 15 is 0 Å². The van der Waals surface area contributed by atoms with E-state index in [4.69, 9.17) is 9.47 Å². The predicted octanol–water partition coefficient (Wildman–Crippen LogP) is 16.7. The molecule has 0 aromatic carbocycles. The second-order valence-corrected chi connectivity index (χ2v) is 18.7. The molecule has 0 unspecified atom stereocenters. The molecule has 5 heteroatoms. The number of esters is 2. The van der Waals surface area contributed by atoms with Crippen molar-refractivity contribution < 1.29 is 19.1 Å². The third-order valence-corrected chi connectivity index (χ3v) is 12.3. The van der Waals surface area contributed by atoms with E-state index in [1.807, 2.05) is 0 Å². The second kappa shape index (κ2) is 43.0. The van der Waals surface area contributed by atoms with Gasteiger partial charge in [-0.3, -0.25) is 9.59 Å². The highest BCUT2D eigenvalue weighted by atomic mass is 16.5. The van der Waals surface area contributed by atoms with E-state index in [-0.39, 0.29) is 24.1 Å². The molecule has 340 valence electrons. The molecule has 0 radical (unpaired) electrons. The van der Waals surface area contributed by atoms with Crippen LogP contribution >= 0.6 is 0 Å². The summed E-state index contributed by atoms with van der Waals surface area (Å²) in [7, 11) is 0. The minimum Gasteiger partial charge on any atom is -0.462 e. The molecular weight excluding hydrogens is 703 g/mol. The van der Waals surface area contributed by atoms with Gasteiger partial charge in [-0.1, -0.05) is 195 Å². The first-order valence-corrected chi connectivity index (χ1v) is 25.9. The number of hydrogen-bond donors (Lipinski definition) is 1. The summed E-state index contributed by atoms with van der Waals surface area (Å²) in [5.41, 5.74) is -0.401. The molecule has 0 saturated carbocycles. The van der Waals surface area contributed by atoms with Crippen molar-refractivity contribution in [3.05, 3.63) is 0 Å². The van der Waals surface area contributed by atoms with Gasteiger partial charge in [0.1, 0.15) is 12.2 Å². The van der Waals surface area contributed by atoms with Gasteiger partial charge in [0.05, 0.1) is 5.41 Å². The zero-order valence-corrected chi connectivity index (χ0v) is 39.8. The van der Waals surface area contributed by atoms with Crippen LogP contribution in [-0.4, -0.2) is 37.2 Å². The van der Waals surface area contributed by atoms with E-state index in [9.17, 15) is 9.59 Å². The van der Waals surface area contributed by atoms with Crippen LogP contribution in [0.25, 0.3) is 0 Å². The van der Waals surface area contributed by atoms with Crippen LogP contribution in [0.4, 0.5) is 0 Å². The van der Waals surface area contributed by atoms with Crippen LogP contribution in [-0.2, 0) is 19.1 Å². The SMILES string of the molecule is CCCCCCCCC(CCCCCCCC)OC(=O)CCCCCCCNCCCCCCC(C)(C)C(=O)OC(CCCCCCCC)CCCCCCCC. The van der Waals surface area contributed by atoms with Crippen LogP contribution < -0.4 is 5.32 Å². The number of ether oxygens (including phenoxy) is 2. The molecule has 0 aromatic heterocycles. The zero-order valence-electron chi connectivity index (χ0n) is 39.8. The molecule has 0 fully saturated rings. The lowest BCUT2D eigenvalue weighted by molar-refractivity contribution is -0.161. The Morgan fingerprint density at radius 3 is 1.12 bits per heavy atom. The molecule has 0 heterocycles. The molecule has 57 heavy (non-hydrogen) atoms. The molecule has 1 N–H and O–H groups in total. The van der Waals surface area contributed by atoms with Gasteiger partial charge in [0.25, 0.3) is 0 Å². The summed E-state index contributed by atoms with van der Waals surface area (Å²) < 4.78 is 12.3. The molecule has 0 aliphatic carbocycles. The quantitative estimate of drug-likeness (QED) is 0.0490. The summed E-state index contributed by atoms with van der Waals surface area (Å²) in [5, 5.41) is 3.64. The van der Waals surface area contributed by atoms with Crippen molar-refractivity contribution in [1.29, 1.82) is 0 Å². The second-order valence-electron chi connectivity index (χ2n) is 18.7. The van der Waals surface area contributed by atoms with E-state index in [1.165, 1.54) is 193 Å². The van der Waals surface area contributed by atoms with Crippen molar-refractivity contribution in [2.24, 2.45) is 5.41 Å². The van der Waals surface area contributed by atoms with Crippen LogP contribution in [0, 0.1) is 5.41 Å². The summed E-state index contributed by atoms with van der Waals surface area (Å²) in [4.78, 5) is 26.0. The maximum atomic E-state index is 13.3. The molecule has 0 spiro atoms. The zero-order chi connectivity index (χ0) is 41.9. The molecule has 0 atom stereocenters. The Hall–Kier alpha value is -1.10. The fourth-order valence-electron chi connectivity index (χ4n) is 8.14. The third-order valence-electron chi connectivity index (χ3n) is 12.3. The maximum Gasteiger partial charge on any atom is 0.311 e. The summed E-state index contributed by atoms with van der Waals surface area (Å²) in [6.07, 6.45) is 47.2. The van der Waals surface area contributed by atoms with Crippen molar-refractivity contribution in [3.63, 3.8) is 0 Å². The molecule has 0 rings (SSSR count). The van der Waals surface area contributed by atoms with E-state index in [0.29, 0.717) is 6.42 Å². The van der Waals surface area contributed by atoms with Gasteiger partial charge in [-0.05, 0) is 104 Å². The first kappa shape index (κ1) is 55.9. The Morgan fingerprint density at radius 1 is 0.404 bits per heavy atom. The highest BCUT2D eigenvalue weighted by Crippen LogP contribution is 2.28. The van der Waals surface area contributed by atoms with Crippen molar-refractivity contribution in [3.8, 4) is 0 Å². The standard InChI is InChI=1S/C52H103NO4/c1-7-11-15-19-24-32-40-48(41-33-25-20-16-12-8-2)56-50(54)44-36-28-23-30-38-46-53-47-39-31-29-37-45-52(5,6)51(55)57-49(42-34-26-21-17-13-9-3)43-35-27-22-18-14-10-4/h48-49,53H,7-47H2,1-6H3. The van der Waals surface area contributed by atoms with Crippen LogP contribution in [0.5, 0.6) is 0 Å². The average molecular weight is 806 g/mol. The van der Waals surface area contributed by atoms with Crippen molar-refractivity contribution in [1.82, 2.24) is 5.32 Å². The number of nitrogens with one attached hydrogen (secondary N) is 1. The third kappa shape index (κ3) is 38.8. The Labute approximate surface area is 357 Å². The van der Waals surface area contributed by atoms with Crippen molar-refractivity contribution in [2.75, 3.05) is 13.1 Å². The summed E-state index contributed by atoms with van der Waals surface area (Å²) in [5.74, 6) is 0.0608. The predicted molar refractivity (Wildman–Crippen MR) is 249 cm³/mol. The van der Waals surface area contributed by atoms with Crippen LogP contribution in [0.3, 0.4) is 0 Å². The largest absolute Gasteiger partial charge is 0.462 e. The minimum absolute atomic E-state index is 0.0253. The van der Waals surface area contributed by atoms with E-state index in [2.05, 4.69) is 46.9 Å². The summed E-state index contributed by atoms with van der Waals surface area (Å²) in [6, 6.07) is 0. The van der Waals surface area contributed by atoms with Crippen LogP contribution in [0.1, 0.15) is 292 Å². The number of hydrogen-bond acceptors (Lipinski definition) is 5. The topological polar surface area (TPSA) is 64.6 Å². The van der Waals surface area contributed by atoms with Crippen molar-refractivity contribution in [2.45, 2.75) is 304 Å². The van der Waals surface area contributed by atoms with Crippen molar-refractivity contribution >= 4 is 11.9 Å². The van der Waals surface area contributed by atoms with E-state index in [0.717, 1.165) is 64.5 Å². The lowest BCUT2D eigenvalue weighted by Crippen LogP contribution is -2.31. The fraction of sp³-hybridized carbons (Fsp3) is 0.962. The van der Waals surface area contributed by atoms with Gasteiger partial charge in [0, 0.05) is 6.42 Å². The minimum atomic E-state index is -0.401. The van der Waals surface area contributed by atoms with Gasteiger partial charge in [0.2, 0.25) is 0 Å². The normalized spacial score (nSPS) is 11.9. The molecular formula is C52H103NO4. The first-order valence-electron chi connectivity index (χ1n) is 25.9. The molecule has 0 amide bonds. The fourth-order valence-corrected chi connectivity index (χ4v) is 8.14. The Bertz CT molecular complexity index is 812. The van der Waals surface area contributed by atoms with Gasteiger partial charge in [-0.2, -0.15) is 0 Å². The molecule has 5 nitrogen and oxygen atoms in total. The molecule has 0 aliphatic heterocycles. The number of unbranched alkanes of at least 4 members (excludes halogenated alkanes) is 27. The van der Waals surface area contributed by atoms with Gasteiger partial charge >= 0.3 is 11.9 Å². The molecule has 0 aromatic rings. The smallest absolute Gasteiger partial charge is 0.311 e. The maximum absolute atomic E-state index is 13.3. The van der Waals surface area contributed by atoms with Crippen LogP contribution in [0.2, 0.25) is 0 Å².